The van der Waals surface area contributed by atoms with Crippen LogP contribution in [0.25, 0.3) is 0 Å². The van der Waals surface area contributed by atoms with E-state index in [1.54, 1.807) is 0 Å². The monoisotopic (exact) mass is 366 g/mol. The molecule has 1 aliphatic rings. The van der Waals surface area contributed by atoms with E-state index in [0.29, 0.717) is 13.0 Å². The smallest absolute Gasteiger partial charge is 0.224 e. The molecule has 1 aromatic heterocycles. The number of carbonyl (C=O) groups excluding carboxylic acids is 1. The van der Waals surface area contributed by atoms with Crippen molar-refractivity contribution < 1.29 is 9.53 Å². The number of nitrogens with one attached hydrogen (secondary N) is 1. The normalized spacial score (nSPS) is 16.0. The van der Waals surface area contributed by atoms with Gasteiger partial charge in [0.15, 0.2) is 0 Å². The van der Waals surface area contributed by atoms with Crippen molar-refractivity contribution in [3.05, 3.63) is 51.8 Å². The number of ether oxygens (including phenoxy) is 1. The second kappa shape index (κ2) is 6.99. The third kappa shape index (κ3) is 3.85. The number of aromatic nitrogens is 1. The molecule has 2 aromatic rings. The van der Waals surface area contributed by atoms with Crippen molar-refractivity contribution in [2.24, 2.45) is 5.41 Å². The van der Waals surface area contributed by atoms with Crippen molar-refractivity contribution >= 4 is 11.6 Å². The topological polar surface area (TPSA) is 51.2 Å². The predicted molar refractivity (Wildman–Crippen MR) is 110 cm³/mol. The summed E-state index contributed by atoms with van der Waals surface area (Å²) in [5, 5.41) is 3.17. The first-order valence-corrected chi connectivity index (χ1v) is 9.57. The Morgan fingerprint density at radius 1 is 1.15 bits per heavy atom. The number of amides is 1. The van der Waals surface area contributed by atoms with E-state index in [-0.39, 0.29) is 17.2 Å². The highest BCUT2D eigenvalue weighted by molar-refractivity contribution is 5.93. The molecule has 0 aliphatic carbocycles. The fraction of sp³-hybridized carbons (Fsp3) is 0.478. The number of hydrogen-bond donors (Lipinski definition) is 1. The second-order valence-corrected chi connectivity index (χ2v) is 8.90. The van der Waals surface area contributed by atoms with Gasteiger partial charge in [0.1, 0.15) is 12.4 Å². The number of benzene rings is 1. The fourth-order valence-corrected chi connectivity index (χ4v) is 3.77. The van der Waals surface area contributed by atoms with Crippen molar-refractivity contribution in [1.29, 1.82) is 0 Å². The summed E-state index contributed by atoms with van der Waals surface area (Å²) < 4.78 is 6.08. The average molecular weight is 367 g/mol. The van der Waals surface area contributed by atoms with Crippen LogP contribution >= 0.6 is 0 Å². The summed E-state index contributed by atoms with van der Waals surface area (Å²) in [7, 11) is 0. The Bertz CT molecular complexity index is 877. The molecule has 1 amide bonds. The van der Waals surface area contributed by atoms with Gasteiger partial charge in [0.2, 0.25) is 5.91 Å². The molecule has 144 valence electrons. The van der Waals surface area contributed by atoms with E-state index < -0.39 is 0 Å². The maximum atomic E-state index is 12.6. The molecule has 4 heteroatoms. The maximum Gasteiger partial charge on any atom is 0.224 e. The molecule has 0 bridgehead atoms. The Balaban J connectivity index is 2.03. The number of pyridine rings is 1. The van der Waals surface area contributed by atoms with Crippen molar-refractivity contribution in [3.8, 4) is 5.75 Å². The Hall–Kier alpha value is -2.36. The molecule has 0 spiro atoms. The highest BCUT2D eigenvalue weighted by Gasteiger charge is 2.33. The lowest BCUT2D eigenvalue weighted by molar-refractivity contribution is -0.117. The van der Waals surface area contributed by atoms with Crippen LogP contribution in [0.4, 0.5) is 5.69 Å². The van der Waals surface area contributed by atoms with Gasteiger partial charge in [0, 0.05) is 23.9 Å². The molecule has 1 N–H and O–H groups in total. The van der Waals surface area contributed by atoms with E-state index in [9.17, 15) is 4.79 Å². The number of nitrogens with zero attached hydrogens (tertiary/aromatic N) is 1. The fourth-order valence-electron chi connectivity index (χ4n) is 3.77. The highest BCUT2D eigenvalue weighted by Crippen LogP contribution is 2.46. The Morgan fingerprint density at radius 2 is 1.85 bits per heavy atom. The van der Waals surface area contributed by atoms with Gasteiger partial charge in [-0.25, -0.2) is 0 Å². The zero-order valence-electron chi connectivity index (χ0n) is 17.5. The molecule has 3 rings (SSSR count). The van der Waals surface area contributed by atoms with Crippen LogP contribution in [0.2, 0.25) is 0 Å². The maximum absolute atomic E-state index is 12.6. The molecule has 1 aromatic carbocycles. The summed E-state index contributed by atoms with van der Waals surface area (Å²) in [5.41, 5.74) is 7.43. The van der Waals surface area contributed by atoms with E-state index in [2.05, 4.69) is 64.0 Å². The average Bonchev–Trinajstić information content (AvgIpc) is 3.01. The zero-order valence-corrected chi connectivity index (χ0v) is 17.5. The molecule has 4 nitrogen and oxygen atoms in total. The van der Waals surface area contributed by atoms with Gasteiger partial charge in [-0.05, 0) is 61.4 Å². The number of anilines is 1. The summed E-state index contributed by atoms with van der Waals surface area (Å²) in [5.74, 6) is 1.10. The molecule has 0 saturated carbocycles. The van der Waals surface area contributed by atoms with Crippen molar-refractivity contribution in [2.75, 3.05) is 11.9 Å². The minimum Gasteiger partial charge on any atom is -0.492 e. The highest BCUT2D eigenvalue weighted by atomic mass is 16.5. The van der Waals surface area contributed by atoms with Gasteiger partial charge < -0.3 is 10.1 Å². The van der Waals surface area contributed by atoms with Crippen LogP contribution in [-0.2, 0) is 4.79 Å². The number of rotatable bonds is 3. The van der Waals surface area contributed by atoms with Gasteiger partial charge >= 0.3 is 0 Å². The minimum atomic E-state index is -0.0465. The number of carbonyl (C=O) groups is 1. The standard InChI is InChI=1S/C23H30N2O2/c1-13-8-9-18(24-11-13)17-12-27-22-15(3)14(2)21(16(4)20(17)22)25-19(26)10-23(5,6)7/h8-9,11,17H,10,12H2,1-7H3,(H,25,26). The molecule has 0 fully saturated rings. The summed E-state index contributed by atoms with van der Waals surface area (Å²) in [6.45, 7) is 15.1. The summed E-state index contributed by atoms with van der Waals surface area (Å²) in [6.07, 6.45) is 2.39. The molecule has 0 radical (unpaired) electrons. The van der Waals surface area contributed by atoms with Crippen LogP contribution < -0.4 is 10.1 Å². The Kier molecular flexibility index (Phi) is 5.02. The zero-order chi connectivity index (χ0) is 19.9. The largest absolute Gasteiger partial charge is 0.492 e. The predicted octanol–water partition coefficient (Wildman–Crippen LogP) is 5.21. The van der Waals surface area contributed by atoms with E-state index in [1.807, 2.05) is 13.1 Å². The minimum absolute atomic E-state index is 0.0465. The summed E-state index contributed by atoms with van der Waals surface area (Å²) in [4.78, 5) is 17.2. The first-order chi connectivity index (χ1) is 12.6. The number of fused-ring (bicyclic) bond motifs is 1. The van der Waals surface area contributed by atoms with E-state index in [4.69, 9.17) is 4.74 Å². The van der Waals surface area contributed by atoms with Crippen LogP contribution in [0.1, 0.15) is 66.6 Å². The van der Waals surface area contributed by atoms with Gasteiger partial charge in [-0.2, -0.15) is 0 Å². The first kappa shape index (κ1) is 19.4. The molecule has 1 aliphatic heterocycles. The lowest BCUT2D eigenvalue weighted by Crippen LogP contribution is -2.21. The molecular formula is C23H30N2O2. The molecule has 1 atom stereocenters. The van der Waals surface area contributed by atoms with Crippen LogP contribution in [0.15, 0.2) is 18.3 Å². The molecule has 2 heterocycles. The summed E-state index contributed by atoms with van der Waals surface area (Å²) in [6, 6.07) is 4.16. The molecule has 1 unspecified atom stereocenters. The number of aryl methyl sites for hydroxylation is 1. The van der Waals surface area contributed by atoms with Gasteiger partial charge in [0.05, 0.1) is 11.6 Å². The Labute approximate surface area is 162 Å². The van der Waals surface area contributed by atoms with Gasteiger partial charge in [0.25, 0.3) is 0 Å². The third-order valence-electron chi connectivity index (χ3n) is 5.29. The van der Waals surface area contributed by atoms with Crippen molar-refractivity contribution in [1.82, 2.24) is 4.98 Å². The number of hydrogen-bond acceptors (Lipinski definition) is 3. The van der Waals surface area contributed by atoms with Crippen LogP contribution in [0, 0.1) is 33.1 Å². The second-order valence-electron chi connectivity index (χ2n) is 8.90. The van der Waals surface area contributed by atoms with Crippen molar-refractivity contribution in [3.63, 3.8) is 0 Å². The van der Waals surface area contributed by atoms with Crippen LogP contribution in [0.5, 0.6) is 5.75 Å². The third-order valence-corrected chi connectivity index (χ3v) is 5.29. The molecule has 0 saturated heterocycles. The van der Waals surface area contributed by atoms with Gasteiger partial charge in [-0.3, -0.25) is 9.78 Å². The van der Waals surface area contributed by atoms with Crippen LogP contribution in [0.3, 0.4) is 0 Å². The van der Waals surface area contributed by atoms with Crippen LogP contribution in [-0.4, -0.2) is 17.5 Å². The van der Waals surface area contributed by atoms with Crippen molar-refractivity contribution in [2.45, 2.75) is 60.8 Å². The Morgan fingerprint density at radius 3 is 2.44 bits per heavy atom. The van der Waals surface area contributed by atoms with Gasteiger partial charge in [-0.15, -0.1) is 0 Å². The summed E-state index contributed by atoms with van der Waals surface area (Å²) >= 11 is 0. The lowest BCUT2D eigenvalue weighted by Gasteiger charge is -2.22. The SMILES string of the molecule is Cc1ccc(C2COc3c(C)c(C)c(NC(=O)CC(C)(C)C)c(C)c32)nc1. The van der Waals surface area contributed by atoms with E-state index in [1.165, 1.54) is 0 Å². The van der Waals surface area contributed by atoms with E-state index >= 15 is 0 Å². The molecule has 27 heavy (non-hydrogen) atoms. The quantitative estimate of drug-likeness (QED) is 0.811. The molecular weight excluding hydrogens is 336 g/mol. The first-order valence-electron chi connectivity index (χ1n) is 9.57. The lowest BCUT2D eigenvalue weighted by atomic mass is 9.88. The van der Waals surface area contributed by atoms with E-state index in [0.717, 1.165) is 44.9 Å². The van der Waals surface area contributed by atoms with Gasteiger partial charge in [-0.1, -0.05) is 26.8 Å².